The van der Waals surface area contributed by atoms with Gasteiger partial charge in [0.05, 0.1) is 4.47 Å². The number of anilines is 1. The van der Waals surface area contributed by atoms with Crippen LogP contribution in [-0.4, -0.2) is 26.7 Å². The van der Waals surface area contributed by atoms with Gasteiger partial charge in [-0.15, -0.1) is 0 Å². The maximum atomic E-state index is 4.28. The first kappa shape index (κ1) is 12.0. The summed E-state index contributed by atoms with van der Waals surface area (Å²) in [7, 11) is 0. The van der Waals surface area contributed by atoms with E-state index in [0.29, 0.717) is 0 Å². The van der Waals surface area contributed by atoms with Crippen molar-refractivity contribution in [3.8, 4) is 0 Å². The van der Waals surface area contributed by atoms with Gasteiger partial charge in [0.1, 0.15) is 18.0 Å². The summed E-state index contributed by atoms with van der Waals surface area (Å²) in [5.74, 6) is 1.81. The number of nitrogens with zero attached hydrogens (tertiary/aromatic N) is 3. The van der Waals surface area contributed by atoms with Crippen LogP contribution in [0.3, 0.4) is 0 Å². The van der Waals surface area contributed by atoms with Crippen molar-refractivity contribution >= 4 is 21.7 Å². The molecule has 0 aliphatic carbocycles. The van der Waals surface area contributed by atoms with Crippen molar-refractivity contribution in [2.24, 2.45) is 0 Å². The molecule has 5 nitrogen and oxygen atoms in total. The standard InChI is InChI=1S/C11H14BrN5/c1-8-4-6-14-11(10(8)12)13-5-2-3-9-15-7-16-17-9/h4,6-7H,2-3,5H2,1H3,(H,13,14)(H,15,16,17). The minimum absolute atomic E-state index is 0.857. The Bertz CT molecular complexity index is 469. The molecule has 0 bridgehead atoms. The van der Waals surface area contributed by atoms with E-state index >= 15 is 0 Å². The summed E-state index contributed by atoms with van der Waals surface area (Å²) in [6.45, 7) is 2.90. The van der Waals surface area contributed by atoms with E-state index in [-0.39, 0.29) is 0 Å². The van der Waals surface area contributed by atoms with Crippen LogP contribution in [0.2, 0.25) is 0 Å². The fourth-order valence-electron chi connectivity index (χ4n) is 1.48. The molecule has 17 heavy (non-hydrogen) atoms. The number of hydrogen-bond acceptors (Lipinski definition) is 4. The molecule has 0 saturated carbocycles. The van der Waals surface area contributed by atoms with Crippen molar-refractivity contribution < 1.29 is 0 Å². The van der Waals surface area contributed by atoms with Gasteiger partial charge in [-0.2, -0.15) is 5.10 Å². The Balaban J connectivity index is 1.80. The van der Waals surface area contributed by atoms with Gasteiger partial charge < -0.3 is 5.32 Å². The fraction of sp³-hybridized carbons (Fsp3) is 0.364. The van der Waals surface area contributed by atoms with Gasteiger partial charge >= 0.3 is 0 Å². The normalized spacial score (nSPS) is 10.5. The second kappa shape index (κ2) is 5.77. The second-order valence-corrected chi connectivity index (χ2v) is 4.55. The topological polar surface area (TPSA) is 66.5 Å². The first-order valence-electron chi connectivity index (χ1n) is 5.46. The minimum atomic E-state index is 0.857. The van der Waals surface area contributed by atoms with Gasteiger partial charge in [0.2, 0.25) is 0 Å². The van der Waals surface area contributed by atoms with E-state index in [0.717, 1.165) is 35.5 Å². The van der Waals surface area contributed by atoms with Gasteiger partial charge in [0.15, 0.2) is 0 Å². The van der Waals surface area contributed by atoms with Crippen molar-refractivity contribution in [1.29, 1.82) is 0 Å². The van der Waals surface area contributed by atoms with Crippen LogP contribution in [0.5, 0.6) is 0 Å². The molecule has 0 aromatic carbocycles. The first-order valence-corrected chi connectivity index (χ1v) is 6.26. The molecule has 0 unspecified atom stereocenters. The number of aromatic amines is 1. The number of pyridine rings is 1. The van der Waals surface area contributed by atoms with E-state index in [1.54, 1.807) is 6.20 Å². The van der Waals surface area contributed by atoms with E-state index in [9.17, 15) is 0 Å². The summed E-state index contributed by atoms with van der Waals surface area (Å²) < 4.78 is 1.03. The average molecular weight is 296 g/mol. The summed E-state index contributed by atoms with van der Waals surface area (Å²) in [6.07, 6.45) is 5.20. The highest BCUT2D eigenvalue weighted by molar-refractivity contribution is 9.10. The summed E-state index contributed by atoms with van der Waals surface area (Å²) in [6, 6.07) is 1.98. The van der Waals surface area contributed by atoms with E-state index < -0.39 is 0 Å². The monoisotopic (exact) mass is 295 g/mol. The largest absolute Gasteiger partial charge is 0.369 e. The van der Waals surface area contributed by atoms with E-state index in [1.807, 2.05) is 13.0 Å². The number of aryl methyl sites for hydroxylation is 2. The Morgan fingerprint density at radius 2 is 2.29 bits per heavy atom. The molecule has 2 rings (SSSR count). The predicted molar refractivity (Wildman–Crippen MR) is 69.9 cm³/mol. The van der Waals surface area contributed by atoms with Gasteiger partial charge in [0.25, 0.3) is 0 Å². The lowest BCUT2D eigenvalue weighted by atomic mass is 10.3. The van der Waals surface area contributed by atoms with Crippen molar-refractivity contribution in [3.05, 3.63) is 34.5 Å². The molecule has 0 amide bonds. The molecule has 2 N–H and O–H groups in total. The van der Waals surface area contributed by atoms with Crippen LogP contribution in [0.1, 0.15) is 17.8 Å². The highest BCUT2D eigenvalue weighted by Crippen LogP contribution is 2.22. The molecule has 0 atom stereocenters. The Morgan fingerprint density at radius 3 is 3.06 bits per heavy atom. The SMILES string of the molecule is Cc1ccnc(NCCCc2ncn[nH]2)c1Br. The van der Waals surface area contributed by atoms with E-state index in [2.05, 4.69) is 41.4 Å². The quantitative estimate of drug-likeness (QED) is 0.831. The van der Waals surface area contributed by atoms with Crippen molar-refractivity contribution in [3.63, 3.8) is 0 Å². The fourth-order valence-corrected chi connectivity index (χ4v) is 1.85. The molecule has 2 heterocycles. The van der Waals surface area contributed by atoms with Crippen molar-refractivity contribution in [1.82, 2.24) is 20.2 Å². The van der Waals surface area contributed by atoms with Crippen LogP contribution in [-0.2, 0) is 6.42 Å². The summed E-state index contributed by atoms with van der Waals surface area (Å²) in [4.78, 5) is 8.35. The summed E-state index contributed by atoms with van der Waals surface area (Å²) in [5.41, 5.74) is 1.18. The second-order valence-electron chi connectivity index (χ2n) is 3.75. The number of rotatable bonds is 5. The minimum Gasteiger partial charge on any atom is -0.369 e. The zero-order valence-corrected chi connectivity index (χ0v) is 11.2. The maximum absolute atomic E-state index is 4.28. The molecule has 0 saturated heterocycles. The highest BCUT2D eigenvalue weighted by Gasteiger charge is 2.03. The average Bonchev–Trinajstić information content (AvgIpc) is 2.83. The number of halogens is 1. The molecule has 90 valence electrons. The van der Waals surface area contributed by atoms with Gasteiger partial charge in [-0.3, -0.25) is 5.10 Å². The molecular weight excluding hydrogens is 282 g/mol. The molecule has 0 spiro atoms. The molecule has 2 aromatic rings. The number of nitrogens with one attached hydrogen (secondary N) is 2. The summed E-state index contributed by atoms with van der Waals surface area (Å²) in [5, 5.41) is 9.95. The van der Waals surface area contributed by atoms with E-state index in [4.69, 9.17) is 0 Å². The smallest absolute Gasteiger partial charge is 0.140 e. The Labute approximate surface area is 108 Å². The zero-order chi connectivity index (χ0) is 12.1. The lowest BCUT2D eigenvalue weighted by Crippen LogP contribution is -2.06. The lowest BCUT2D eigenvalue weighted by Gasteiger charge is -2.08. The van der Waals surface area contributed by atoms with Crippen molar-refractivity contribution in [2.75, 3.05) is 11.9 Å². The van der Waals surface area contributed by atoms with Gasteiger partial charge in [0, 0.05) is 19.2 Å². The van der Waals surface area contributed by atoms with Gasteiger partial charge in [-0.1, -0.05) is 0 Å². The van der Waals surface area contributed by atoms with Crippen LogP contribution in [0.25, 0.3) is 0 Å². The van der Waals surface area contributed by atoms with Crippen LogP contribution in [0, 0.1) is 6.92 Å². The number of hydrogen-bond donors (Lipinski definition) is 2. The van der Waals surface area contributed by atoms with Gasteiger partial charge in [-0.05, 0) is 40.9 Å². The molecule has 0 aliphatic rings. The molecular formula is C11H14BrN5. The number of aromatic nitrogens is 4. The molecule has 0 aliphatic heterocycles. The third-order valence-corrected chi connectivity index (χ3v) is 3.43. The third kappa shape index (κ3) is 3.26. The highest BCUT2D eigenvalue weighted by atomic mass is 79.9. The first-order chi connectivity index (χ1) is 8.27. The summed E-state index contributed by atoms with van der Waals surface area (Å²) >= 11 is 3.52. The third-order valence-electron chi connectivity index (χ3n) is 2.43. The van der Waals surface area contributed by atoms with Crippen LogP contribution in [0.15, 0.2) is 23.1 Å². The Morgan fingerprint density at radius 1 is 1.41 bits per heavy atom. The van der Waals surface area contributed by atoms with Crippen LogP contribution < -0.4 is 5.32 Å². The maximum Gasteiger partial charge on any atom is 0.140 e. The van der Waals surface area contributed by atoms with E-state index in [1.165, 1.54) is 11.9 Å². The number of H-pyrrole nitrogens is 1. The zero-order valence-electron chi connectivity index (χ0n) is 9.57. The van der Waals surface area contributed by atoms with Gasteiger partial charge in [-0.25, -0.2) is 9.97 Å². The van der Waals surface area contributed by atoms with Crippen LogP contribution >= 0.6 is 15.9 Å². The van der Waals surface area contributed by atoms with Crippen molar-refractivity contribution in [2.45, 2.75) is 19.8 Å². The molecule has 0 radical (unpaired) electrons. The predicted octanol–water partition coefficient (Wildman–Crippen LogP) is 2.32. The lowest BCUT2D eigenvalue weighted by molar-refractivity contribution is 0.803. The molecule has 6 heteroatoms. The molecule has 0 fully saturated rings. The van der Waals surface area contributed by atoms with Crippen LogP contribution in [0.4, 0.5) is 5.82 Å². The Hall–Kier alpha value is -1.43. The Kier molecular flexibility index (Phi) is 4.08. The molecule has 2 aromatic heterocycles.